The second-order valence-electron chi connectivity index (χ2n) is 5.25. The van der Waals surface area contributed by atoms with Crippen molar-refractivity contribution in [1.29, 1.82) is 0 Å². The first-order valence-electron chi connectivity index (χ1n) is 7.14. The molecule has 1 aromatic heterocycles. The topological polar surface area (TPSA) is 74.8 Å². The fourth-order valence-electron chi connectivity index (χ4n) is 2.09. The van der Waals surface area contributed by atoms with Crippen molar-refractivity contribution >= 4 is 17.4 Å². The van der Waals surface area contributed by atoms with Crippen LogP contribution in [-0.2, 0) is 11.2 Å². The lowest BCUT2D eigenvalue weighted by Crippen LogP contribution is -2.00. The fourth-order valence-corrected chi connectivity index (χ4v) is 2.09. The highest BCUT2D eigenvalue weighted by Gasteiger charge is 2.11. The Balaban J connectivity index is 2.07. The minimum absolute atomic E-state index is 0.0597. The summed E-state index contributed by atoms with van der Waals surface area (Å²) < 4.78 is 5.58. The van der Waals surface area contributed by atoms with E-state index in [0.717, 1.165) is 22.7 Å². The molecule has 0 aliphatic heterocycles. The van der Waals surface area contributed by atoms with Gasteiger partial charge in [0.05, 0.1) is 17.8 Å². The van der Waals surface area contributed by atoms with Gasteiger partial charge in [-0.3, -0.25) is 10.2 Å². The average molecular weight is 300 g/mol. The van der Waals surface area contributed by atoms with Gasteiger partial charge in [0.2, 0.25) is 0 Å². The summed E-state index contributed by atoms with van der Waals surface area (Å²) in [4.78, 5) is 10.6. The number of hydrazone groups is 1. The molecule has 0 unspecified atom stereocenters. The molecule has 0 aliphatic rings. The molecule has 2 aromatic rings. The van der Waals surface area contributed by atoms with Crippen molar-refractivity contribution in [2.24, 2.45) is 5.10 Å². The Hall–Kier alpha value is -2.56. The first-order valence-corrected chi connectivity index (χ1v) is 7.14. The molecule has 0 saturated heterocycles. The Morgan fingerprint density at radius 3 is 2.59 bits per heavy atom. The molecular formula is C17H20N2O3. The zero-order valence-electron chi connectivity index (χ0n) is 13.0. The number of aliphatic carboxylic acids is 1. The van der Waals surface area contributed by atoms with Gasteiger partial charge in [-0.1, -0.05) is 17.7 Å². The van der Waals surface area contributed by atoms with E-state index in [1.807, 2.05) is 51.1 Å². The third-order valence-electron chi connectivity index (χ3n) is 3.35. The SMILES string of the molecule is C/C(=N/Nc1ccc(C)cc1)c1cc(CCC(=O)O)oc1C. The second-order valence-corrected chi connectivity index (χ2v) is 5.25. The number of nitrogens with zero attached hydrogens (tertiary/aromatic N) is 1. The smallest absolute Gasteiger partial charge is 0.303 e. The maximum atomic E-state index is 10.6. The standard InChI is InChI=1S/C17H20N2O3/c1-11-4-6-14(7-5-11)19-18-12(2)16-10-15(22-13(16)3)8-9-17(20)21/h4-7,10,19H,8-9H2,1-3H3,(H,20,21)/b18-12-. The Labute approximate surface area is 129 Å². The van der Waals surface area contributed by atoms with Gasteiger partial charge in [0, 0.05) is 12.0 Å². The highest BCUT2D eigenvalue weighted by molar-refractivity contribution is 6.00. The van der Waals surface area contributed by atoms with Gasteiger partial charge in [-0.2, -0.15) is 5.10 Å². The van der Waals surface area contributed by atoms with Crippen LogP contribution in [0.3, 0.4) is 0 Å². The molecule has 0 aliphatic carbocycles. The lowest BCUT2D eigenvalue weighted by molar-refractivity contribution is -0.137. The van der Waals surface area contributed by atoms with Crippen LogP contribution in [0.4, 0.5) is 5.69 Å². The van der Waals surface area contributed by atoms with Gasteiger partial charge in [0.25, 0.3) is 0 Å². The van der Waals surface area contributed by atoms with E-state index in [4.69, 9.17) is 9.52 Å². The zero-order chi connectivity index (χ0) is 16.1. The number of hydrogen-bond acceptors (Lipinski definition) is 4. The van der Waals surface area contributed by atoms with Crippen LogP contribution in [0.2, 0.25) is 0 Å². The summed E-state index contributed by atoms with van der Waals surface area (Å²) in [7, 11) is 0. The Morgan fingerprint density at radius 2 is 1.95 bits per heavy atom. The number of rotatable bonds is 6. The summed E-state index contributed by atoms with van der Waals surface area (Å²) in [6.07, 6.45) is 0.443. The quantitative estimate of drug-likeness (QED) is 0.629. The number of benzene rings is 1. The number of carboxylic acid groups (broad SMARTS) is 1. The van der Waals surface area contributed by atoms with Crippen LogP contribution in [0.15, 0.2) is 39.9 Å². The molecule has 0 bridgehead atoms. The van der Waals surface area contributed by atoms with Crippen LogP contribution in [0.25, 0.3) is 0 Å². The van der Waals surface area contributed by atoms with Crippen LogP contribution in [0, 0.1) is 13.8 Å². The molecule has 1 aromatic carbocycles. The van der Waals surface area contributed by atoms with Crippen molar-refractivity contribution in [2.45, 2.75) is 33.6 Å². The first-order chi connectivity index (χ1) is 10.5. The fraction of sp³-hybridized carbons (Fsp3) is 0.294. The van der Waals surface area contributed by atoms with Gasteiger partial charge in [-0.25, -0.2) is 0 Å². The molecule has 2 rings (SSSR count). The maximum Gasteiger partial charge on any atom is 0.303 e. The van der Waals surface area contributed by atoms with Crippen molar-refractivity contribution in [3.05, 3.63) is 53.0 Å². The summed E-state index contributed by atoms with van der Waals surface area (Å²) >= 11 is 0. The molecule has 0 fully saturated rings. The van der Waals surface area contributed by atoms with E-state index in [1.165, 1.54) is 5.56 Å². The van der Waals surface area contributed by atoms with Crippen LogP contribution in [-0.4, -0.2) is 16.8 Å². The third-order valence-corrected chi connectivity index (χ3v) is 3.35. The van der Waals surface area contributed by atoms with E-state index in [2.05, 4.69) is 10.5 Å². The Morgan fingerprint density at radius 1 is 1.27 bits per heavy atom. The third kappa shape index (κ3) is 4.22. The van der Waals surface area contributed by atoms with Gasteiger partial charge in [0.15, 0.2) is 0 Å². The number of anilines is 1. The summed E-state index contributed by atoms with van der Waals surface area (Å²) in [5, 5.41) is 13.1. The van der Waals surface area contributed by atoms with E-state index in [9.17, 15) is 4.79 Å². The molecule has 0 spiro atoms. The van der Waals surface area contributed by atoms with Gasteiger partial charge >= 0.3 is 5.97 Å². The van der Waals surface area contributed by atoms with Gasteiger partial charge in [-0.05, 0) is 39.0 Å². The van der Waals surface area contributed by atoms with Crippen molar-refractivity contribution in [2.75, 3.05) is 5.43 Å². The van der Waals surface area contributed by atoms with Gasteiger partial charge < -0.3 is 9.52 Å². The van der Waals surface area contributed by atoms with Crippen molar-refractivity contribution < 1.29 is 14.3 Å². The largest absolute Gasteiger partial charge is 0.481 e. The van der Waals surface area contributed by atoms with Crippen molar-refractivity contribution in [3.8, 4) is 0 Å². The summed E-state index contributed by atoms with van der Waals surface area (Å²) in [5.41, 5.74) is 6.80. The summed E-state index contributed by atoms with van der Waals surface area (Å²) in [6, 6.07) is 9.81. The minimum Gasteiger partial charge on any atom is -0.481 e. The van der Waals surface area contributed by atoms with Crippen molar-refractivity contribution in [3.63, 3.8) is 0 Å². The normalized spacial score (nSPS) is 11.5. The number of carboxylic acids is 1. The Kier molecular flexibility index (Phi) is 4.99. The van der Waals surface area contributed by atoms with Gasteiger partial charge in [-0.15, -0.1) is 0 Å². The molecule has 22 heavy (non-hydrogen) atoms. The van der Waals surface area contributed by atoms with Gasteiger partial charge in [0.1, 0.15) is 11.5 Å². The predicted molar refractivity (Wildman–Crippen MR) is 86.4 cm³/mol. The monoisotopic (exact) mass is 300 g/mol. The number of furan rings is 1. The van der Waals surface area contributed by atoms with E-state index in [1.54, 1.807) is 0 Å². The predicted octanol–water partition coefficient (Wildman–Crippen LogP) is 3.75. The van der Waals surface area contributed by atoms with E-state index in [-0.39, 0.29) is 6.42 Å². The molecule has 0 amide bonds. The molecular weight excluding hydrogens is 280 g/mol. The van der Waals surface area contributed by atoms with E-state index in [0.29, 0.717) is 12.2 Å². The van der Waals surface area contributed by atoms with Crippen LogP contribution in [0.5, 0.6) is 0 Å². The molecule has 2 N–H and O–H groups in total. The maximum absolute atomic E-state index is 10.6. The molecule has 0 atom stereocenters. The number of nitrogens with one attached hydrogen (secondary N) is 1. The molecule has 5 heteroatoms. The first kappa shape index (κ1) is 15.8. The highest BCUT2D eigenvalue weighted by Crippen LogP contribution is 2.17. The number of aryl methyl sites for hydroxylation is 3. The minimum atomic E-state index is -0.831. The Bertz CT molecular complexity index is 684. The number of carbonyl (C=O) groups is 1. The van der Waals surface area contributed by atoms with Crippen molar-refractivity contribution in [1.82, 2.24) is 0 Å². The lowest BCUT2D eigenvalue weighted by atomic mass is 10.1. The zero-order valence-corrected chi connectivity index (χ0v) is 13.0. The highest BCUT2D eigenvalue weighted by atomic mass is 16.4. The second kappa shape index (κ2) is 6.93. The van der Waals surface area contributed by atoms with Crippen LogP contribution in [0.1, 0.15) is 36.0 Å². The molecule has 0 radical (unpaired) electrons. The molecule has 116 valence electrons. The molecule has 0 saturated carbocycles. The molecule has 5 nitrogen and oxygen atoms in total. The van der Waals surface area contributed by atoms with E-state index < -0.39 is 5.97 Å². The number of hydrogen-bond donors (Lipinski definition) is 2. The van der Waals surface area contributed by atoms with Crippen LogP contribution < -0.4 is 5.43 Å². The van der Waals surface area contributed by atoms with E-state index >= 15 is 0 Å². The summed E-state index contributed by atoms with van der Waals surface area (Å²) in [5.74, 6) is 0.578. The molecule has 1 heterocycles. The average Bonchev–Trinajstić information content (AvgIpc) is 2.85. The summed E-state index contributed by atoms with van der Waals surface area (Å²) in [6.45, 7) is 5.77. The van der Waals surface area contributed by atoms with Crippen LogP contribution >= 0.6 is 0 Å². The lowest BCUT2D eigenvalue weighted by Gasteiger charge is -2.03.